The highest BCUT2D eigenvalue weighted by molar-refractivity contribution is 6.30. The molecule has 0 aliphatic carbocycles. The third-order valence-electron chi connectivity index (χ3n) is 5.16. The SMILES string of the molecule is CCNC(=NCC(O)c1ccc(Cl)cc1)N1CCCC2(CNC(=O)C2)C1. The molecule has 0 saturated carbocycles. The van der Waals surface area contributed by atoms with Crippen molar-refractivity contribution in [2.45, 2.75) is 32.3 Å². The predicted octanol–water partition coefficient (Wildman–Crippen LogP) is 1.94. The first-order valence-electron chi connectivity index (χ1n) is 9.25. The van der Waals surface area contributed by atoms with Gasteiger partial charge in [-0.2, -0.15) is 0 Å². The van der Waals surface area contributed by atoms with E-state index in [1.807, 2.05) is 19.1 Å². The number of aliphatic imine (C=N–C) groups is 1. The smallest absolute Gasteiger partial charge is 0.220 e. The van der Waals surface area contributed by atoms with Gasteiger partial charge in [-0.1, -0.05) is 23.7 Å². The van der Waals surface area contributed by atoms with Gasteiger partial charge in [0.2, 0.25) is 5.91 Å². The Hall–Kier alpha value is -1.79. The molecule has 0 radical (unpaired) electrons. The third-order valence-corrected chi connectivity index (χ3v) is 5.41. The minimum atomic E-state index is -0.672. The lowest BCUT2D eigenvalue weighted by Gasteiger charge is -2.40. The number of guanidine groups is 1. The second-order valence-electron chi connectivity index (χ2n) is 7.24. The van der Waals surface area contributed by atoms with Crippen LogP contribution in [0.25, 0.3) is 0 Å². The van der Waals surface area contributed by atoms with E-state index in [9.17, 15) is 9.90 Å². The number of carbonyl (C=O) groups is 1. The minimum absolute atomic E-state index is 0.0142. The molecule has 1 spiro atoms. The van der Waals surface area contributed by atoms with Crippen LogP contribution in [0.15, 0.2) is 29.3 Å². The van der Waals surface area contributed by atoms with Crippen molar-refractivity contribution in [2.24, 2.45) is 10.4 Å². The van der Waals surface area contributed by atoms with Gasteiger partial charge in [-0.15, -0.1) is 0 Å². The Kier molecular flexibility index (Phi) is 6.04. The largest absolute Gasteiger partial charge is 0.386 e. The van der Waals surface area contributed by atoms with Crippen LogP contribution in [-0.2, 0) is 4.79 Å². The summed E-state index contributed by atoms with van der Waals surface area (Å²) in [6.45, 7) is 5.55. The van der Waals surface area contributed by atoms with Crippen LogP contribution in [0.3, 0.4) is 0 Å². The summed E-state index contributed by atoms with van der Waals surface area (Å²) in [5.74, 6) is 0.950. The van der Waals surface area contributed by atoms with E-state index in [2.05, 4.69) is 20.5 Å². The molecule has 7 heteroatoms. The minimum Gasteiger partial charge on any atom is -0.386 e. The Balaban J connectivity index is 1.68. The second-order valence-corrected chi connectivity index (χ2v) is 7.68. The standard InChI is InChI=1S/C19H27ClN4O2/c1-2-21-18(22-11-16(25)14-4-6-15(20)7-5-14)24-9-3-8-19(13-24)10-17(26)23-12-19/h4-7,16,25H,2-3,8-13H2,1H3,(H,21,22)(H,23,26). The molecule has 6 nitrogen and oxygen atoms in total. The van der Waals surface area contributed by atoms with E-state index in [-0.39, 0.29) is 17.9 Å². The zero-order chi connectivity index (χ0) is 18.6. The molecule has 2 fully saturated rings. The van der Waals surface area contributed by atoms with Crippen molar-refractivity contribution in [3.05, 3.63) is 34.9 Å². The summed E-state index contributed by atoms with van der Waals surface area (Å²) >= 11 is 5.90. The number of benzene rings is 1. The van der Waals surface area contributed by atoms with Crippen LogP contribution in [0.5, 0.6) is 0 Å². The fourth-order valence-electron chi connectivity index (χ4n) is 3.82. The van der Waals surface area contributed by atoms with Gasteiger partial charge in [0.05, 0.1) is 12.6 Å². The van der Waals surface area contributed by atoms with Crippen LogP contribution < -0.4 is 10.6 Å². The van der Waals surface area contributed by atoms with Gasteiger partial charge in [0.25, 0.3) is 0 Å². The molecule has 26 heavy (non-hydrogen) atoms. The normalized spacial score (nSPS) is 24.7. The van der Waals surface area contributed by atoms with Crippen molar-refractivity contribution in [3.8, 4) is 0 Å². The fraction of sp³-hybridized carbons (Fsp3) is 0.579. The highest BCUT2D eigenvalue weighted by atomic mass is 35.5. The van der Waals surface area contributed by atoms with E-state index >= 15 is 0 Å². The maximum atomic E-state index is 11.7. The van der Waals surface area contributed by atoms with Crippen LogP contribution in [0.4, 0.5) is 0 Å². The summed E-state index contributed by atoms with van der Waals surface area (Å²) in [5.41, 5.74) is 0.815. The molecule has 2 atom stereocenters. The van der Waals surface area contributed by atoms with Gasteiger partial charge in [0.1, 0.15) is 0 Å². The number of amides is 1. The molecule has 0 bridgehead atoms. The molecular weight excluding hydrogens is 352 g/mol. The van der Waals surface area contributed by atoms with Crippen LogP contribution in [-0.4, -0.2) is 54.6 Å². The molecule has 3 N–H and O–H groups in total. The number of hydrogen-bond acceptors (Lipinski definition) is 3. The van der Waals surface area contributed by atoms with Crippen molar-refractivity contribution in [1.29, 1.82) is 0 Å². The van der Waals surface area contributed by atoms with Crippen molar-refractivity contribution < 1.29 is 9.90 Å². The molecular formula is C19H27ClN4O2. The average molecular weight is 379 g/mol. The molecule has 2 aliphatic rings. The molecule has 0 aromatic heterocycles. The molecule has 2 saturated heterocycles. The van der Waals surface area contributed by atoms with E-state index in [4.69, 9.17) is 11.6 Å². The number of halogens is 1. The Labute approximate surface area is 159 Å². The van der Waals surface area contributed by atoms with Gasteiger partial charge in [0, 0.05) is 43.0 Å². The van der Waals surface area contributed by atoms with E-state index in [1.54, 1.807) is 12.1 Å². The summed E-state index contributed by atoms with van der Waals surface area (Å²) in [5, 5.41) is 17.4. The van der Waals surface area contributed by atoms with Crippen LogP contribution in [0.2, 0.25) is 5.02 Å². The molecule has 1 amide bonds. The number of likely N-dealkylation sites (tertiary alicyclic amines) is 1. The first-order chi connectivity index (χ1) is 12.5. The van der Waals surface area contributed by atoms with Crippen LogP contribution in [0.1, 0.15) is 37.9 Å². The first kappa shape index (κ1) is 19.0. The summed E-state index contributed by atoms with van der Waals surface area (Å²) in [6, 6.07) is 7.18. The highest BCUT2D eigenvalue weighted by Gasteiger charge is 2.42. The molecule has 3 rings (SSSR count). The number of piperidine rings is 1. The Morgan fingerprint density at radius 3 is 2.88 bits per heavy atom. The Morgan fingerprint density at radius 2 is 2.23 bits per heavy atom. The maximum Gasteiger partial charge on any atom is 0.220 e. The van der Waals surface area contributed by atoms with Gasteiger partial charge in [-0.25, -0.2) is 0 Å². The number of aliphatic hydroxyl groups is 1. The number of aliphatic hydroxyl groups excluding tert-OH is 1. The lowest BCUT2D eigenvalue weighted by atomic mass is 9.79. The second kappa shape index (κ2) is 8.27. The zero-order valence-corrected chi connectivity index (χ0v) is 15.9. The quantitative estimate of drug-likeness (QED) is 0.552. The number of rotatable bonds is 4. The topological polar surface area (TPSA) is 77.0 Å². The summed E-state index contributed by atoms with van der Waals surface area (Å²) in [7, 11) is 0. The van der Waals surface area contributed by atoms with Gasteiger partial charge in [0.15, 0.2) is 5.96 Å². The van der Waals surface area contributed by atoms with E-state index < -0.39 is 6.10 Å². The van der Waals surface area contributed by atoms with E-state index in [0.29, 0.717) is 11.4 Å². The summed E-state index contributed by atoms with van der Waals surface area (Å²) in [6.07, 6.45) is 2.03. The first-order valence-corrected chi connectivity index (χ1v) is 9.63. The molecule has 142 valence electrons. The third kappa shape index (κ3) is 4.48. The Bertz CT molecular complexity index is 664. The summed E-state index contributed by atoms with van der Waals surface area (Å²) < 4.78 is 0. The number of carbonyl (C=O) groups excluding carboxylic acids is 1. The monoisotopic (exact) mass is 378 g/mol. The lowest BCUT2D eigenvalue weighted by molar-refractivity contribution is -0.119. The number of hydrogen-bond donors (Lipinski definition) is 3. The average Bonchev–Trinajstić information content (AvgIpc) is 2.98. The summed E-state index contributed by atoms with van der Waals surface area (Å²) in [4.78, 5) is 18.6. The van der Waals surface area contributed by atoms with Crippen LogP contribution in [0, 0.1) is 5.41 Å². The van der Waals surface area contributed by atoms with Gasteiger partial charge < -0.3 is 20.6 Å². The maximum absolute atomic E-state index is 11.7. The fourth-order valence-corrected chi connectivity index (χ4v) is 3.94. The van der Waals surface area contributed by atoms with Crippen molar-refractivity contribution >= 4 is 23.5 Å². The van der Waals surface area contributed by atoms with Gasteiger partial charge in [-0.3, -0.25) is 9.79 Å². The van der Waals surface area contributed by atoms with Crippen molar-refractivity contribution in [3.63, 3.8) is 0 Å². The van der Waals surface area contributed by atoms with Crippen LogP contribution >= 0.6 is 11.6 Å². The molecule has 2 heterocycles. The molecule has 1 aromatic rings. The van der Waals surface area contributed by atoms with E-state index in [1.165, 1.54) is 0 Å². The molecule has 1 aromatic carbocycles. The van der Waals surface area contributed by atoms with Gasteiger partial charge in [-0.05, 0) is 37.5 Å². The number of nitrogens with one attached hydrogen (secondary N) is 2. The molecule has 2 unspecified atom stereocenters. The van der Waals surface area contributed by atoms with Gasteiger partial charge >= 0.3 is 0 Å². The molecule has 2 aliphatic heterocycles. The highest BCUT2D eigenvalue weighted by Crippen LogP contribution is 2.36. The lowest BCUT2D eigenvalue weighted by Crippen LogP contribution is -2.51. The Morgan fingerprint density at radius 1 is 1.46 bits per heavy atom. The van der Waals surface area contributed by atoms with E-state index in [0.717, 1.165) is 50.5 Å². The zero-order valence-electron chi connectivity index (χ0n) is 15.2. The van der Waals surface area contributed by atoms with Crippen molar-refractivity contribution in [1.82, 2.24) is 15.5 Å². The predicted molar refractivity (Wildman–Crippen MR) is 103 cm³/mol. The van der Waals surface area contributed by atoms with Crippen molar-refractivity contribution in [2.75, 3.05) is 32.7 Å². The number of nitrogens with zero attached hydrogens (tertiary/aromatic N) is 2.